The summed E-state index contributed by atoms with van der Waals surface area (Å²) < 4.78 is 16.9. The lowest BCUT2D eigenvalue weighted by molar-refractivity contribution is -0.0399. The molecule has 3 rings (SSSR count). The number of hydrogen-bond donors (Lipinski definition) is 0. The van der Waals surface area contributed by atoms with Crippen LogP contribution in [0.1, 0.15) is 34.6 Å². The van der Waals surface area contributed by atoms with Crippen LogP contribution in [0.5, 0.6) is 0 Å². The maximum atomic E-state index is 12.4. The van der Waals surface area contributed by atoms with Crippen molar-refractivity contribution in [1.82, 2.24) is 0 Å². The quantitative estimate of drug-likeness (QED) is 0.769. The minimum Gasteiger partial charge on any atom is -0.459 e. The molecule has 0 aliphatic carbocycles. The molecule has 26 heavy (non-hydrogen) atoms. The van der Waals surface area contributed by atoms with Gasteiger partial charge in [-0.15, -0.1) is 0 Å². The van der Waals surface area contributed by atoms with Gasteiger partial charge < -0.3 is 14.2 Å². The van der Waals surface area contributed by atoms with Crippen molar-refractivity contribution in [2.45, 2.75) is 32.2 Å². The number of carbonyl (C=O) groups excluding carboxylic acids is 2. The molecule has 5 nitrogen and oxygen atoms in total. The summed E-state index contributed by atoms with van der Waals surface area (Å²) in [6, 6.07) is 17.6. The fraction of sp³-hybridized carbons (Fsp3) is 0.333. The van der Waals surface area contributed by atoms with E-state index in [0.717, 1.165) is 0 Å². The zero-order valence-electron chi connectivity index (χ0n) is 14.8. The predicted molar refractivity (Wildman–Crippen MR) is 95.9 cm³/mol. The van der Waals surface area contributed by atoms with Gasteiger partial charge in [-0.2, -0.15) is 0 Å². The average Bonchev–Trinajstić information content (AvgIpc) is 2.95. The van der Waals surface area contributed by atoms with E-state index in [1.165, 1.54) is 0 Å². The summed E-state index contributed by atoms with van der Waals surface area (Å²) in [6.07, 6.45) is -1.05. The molecule has 1 unspecified atom stereocenters. The summed E-state index contributed by atoms with van der Waals surface area (Å²) in [5.41, 5.74) is 0.962. The van der Waals surface area contributed by atoms with Crippen LogP contribution in [0.15, 0.2) is 60.7 Å². The third-order valence-electron chi connectivity index (χ3n) is 4.66. The highest BCUT2D eigenvalue weighted by Crippen LogP contribution is 2.30. The van der Waals surface area contributed by atoms with Crippen LogP contribution < -0.4 is 0 Å². The lowest BCUT2D eigenvalue weighted by Crippen LogP contribution is -2.35. The largest absolute Gasteiger partial charge is 0.459 e. The molecule has 0 spiro atoms. The number of ether oxygens (including phenoxy) is 3. The number of carbonyl (C=O) groups is 2. The summed E-state index contributed by atoms with van der Waals surface area (Å²) in [4.78, 5) is 24.5. The molecule has 4 atom stereocenters. The highest BCUT2D eigenvalue weighted by molar-refractivity contribution is 5.90. The molecular formula is C21H22O5. The Morgan fingerprint density at radius 3 is 2.00 bits per heavy atom. The van der Waals surface area contributed by atoms with Gasteiger partial charge in [-0.05, 0) is 31.2 Å². The van der Waals surface area contributed by atoms with Crippen LogP contribution in [0.2, 0.25) is 0 Å². The van der Waals surface area contributed by atoms with Crippen molar-refractivity contribution in [3.05, 3.63) is 71.8 Å². The number of benzene rings is 2. The van der Waals surface area contributed by atoms with Gasteiger partial charge in [0.15, 0.2) is 0 Å². The molecule has 0 saturated carbocycles. The molecule has 0 amide bonds. The molecule has 0 N–H and O–H groups in total. The topological polar surface area (TPSA) is 61.8 Å². The first kappa shape index (κ1) is 18.1. The zero-order valence-corrected chi connectivity index (χ0v) is 14.8. The molecule has 0 radical (unpaired) electrons. The average molecular weight is 354 g/mol. The molecular weight excluding hydrogens is 332 g/mol. The molecule has 1 fully saturated rings. The summed E-state index contributed by atoms with van der Waals surface area (Å²) in [6.45, 7) is 3.93. The van der Waals surface area contributed by atoms with Gasteiger partial charge in [0.05, 0.1) is 17.2 Å². The molecule has 2 aromatic carbocycles. The summed E-state index contributed by atoms with van der Waals surface area (Å²) in [5.74, 6) is -0.822. The van der Waals surface area contributed by atoms with Crippen LogP contribution in [0, 0.1) is 5.92 Å². The van der Waals surface area contributed by atoms with Gasteiger partial charge in [0, 0.05) is 5.92 Å². The van der Waals surface area contributed by atoms with Crippen LogP contribution in [0.3, 0.4) is 0 Å². The lowest BCUT2D eigenvalue weighted by atomic mass is 9.99. The van der Waals surface area contributed by atoms with Gasteiger partial charge in [0.25, 0.3) is 0 Å². The van der Waals surface area contributed by atoms with E-state index < -0.39 is 24.1 Å². The normalized spacial score (nSPS) is 24.8. The maximum Gasteiger partial charge on any atom is 0.338 e. The molecule has 1 aliphatic heterocycles. The number of rotatable bonds is 5. The van der Waals surface area contributed by atoms with Crippen LogP contribution in [0.25, 0.3) is 0 Å². The van der Waals surface area contributed by atoms with E-state index in [4.69, 9.17) is 14.2 Å². The van der Waals surface area contributed by atoms with Gasteiger partial charge in [0.2, 0.25) is 0 Å². The Hall–Kier alpha value is -2.66. The van der Waals surface area contributed by atoms with Crippen molar-refractivity contribution in [2.24, 2.45) is 5.92 Å². The Kier molecular flexibility index (Phi) is 5.68. The van der Waals surface area contributed by atoms with Gasteiger partial charge in [0.1, 0.15) is 18.8 Å². The van der Waals surface area contributed by atoms with Gasteiger partial charge in [-0.25, -0.2) is 9.59 Å². The molecule has 1 saturated heterocycles. The van der Waals surface area contributed by atoms with Crippen molar-refractivity contribution in [2.75, 3.05) is 6.61 Å². The van der Waals surface area contributed by atoms with Crippen LogP contribution in [-0.4, -0.2) is 36.9 Å². The Morgan fingerprint density at radius 1 is 0.885 bits per heavy atom. The molecule has 1 heterocycles. The fourth-order valence-corrected chi connectivity index (χ4v) is 2.98. The molecule has 5 heteroatoms. The molecule has 136 valence electrons. The highest BCUT2D eigenvalue weighted by Gasteiger charge is 2.43. The monoisotopic (exact) mass is 354 g/mol. The first-order valence-corrected chi connectivity index (χ1v) is 8.70. The lowest BCUT2D eigenvalue weighted by Gasteiger charge is -2.21. The smallest absolute Gasteiger partial charge is 0.338 e. The fourth-order valence-electron chi connectivity index (χ4n) is 2.98. The molecule has 2 aromatic rings. The van der Waals surface area contributed by atoms with Crippen molar-refractivity contribution in [3.63, 3.8) is 0 Å². The summed E-state index contributed by atoms with van der Waals surface area (Å²) >= 11 is 0. The van der Waals surface area contributed by atoms with Crippen molar-refractivity contribution in [1.29, 1.82) is 0 Å². The second kappa shape index (κ2) is 8.15. The summed E-state index contributed by atoms with van der Waals surface area (Å²) in [5, 5.41) is 0. The minimum atomic E-state index is -0.486. The van der Waals surface area contributed by atoms with Crippen LogP contribution in [-0.2, 0) is 14.2 Å². The number of hydrogen-bond acceptors (Lipinski definition) is 5. The predicted octanol–water partition coefficient (Wildman–Crippen LogP) is 3.49. The standard InChI is InChI=1S/C21H22O5/c1-14-15(2)25-18(13-24-20(22)16-9-5-3-6-10-16)19(14)26-21(23)17-11-7-4-8-12-17/h3-12,14-15,18-19H,13H2,1-2H3/t14-,15+,18?,19-/m0/s1. The Bertz CT molecular complexity index is 744. The first-order valence-electron chi connectivity index (χ1n) is 8.70. The van der Waals surface area contributed by atoms with Gasteiger partial charge >= 0.3 is 11.9 Å². The Balaban J connectivity index is 1.63. The molecule has 0 bridgehead atoms. The number of esters is 2. The Labute approximate surface area is 152 Å². The maximum absolute atomic E-state index is 12.4. The van der Waals surface area contributed by atoms with Crippen LogP contribution >= 0.6 is 0 Å². The third-order valence-corrected chi connectivity index (χ3v) is 4.66. The van der Waals surface area contributed by atoms with E-state index in [2.05, 4.69) is 0 Å². The van der Waals surface area contributed by atoms with Gasteiger partial charge in [-0.3, -0.25) is 0 Å². The van der Waals surface area contributed by atoms with Crippen molar-refractivity contribution >= 4 is 11.9 Å². The second-order valence-corrected chi connectivity index (χ2v) is 6.44. The van der Waals surface area contributed by atoms with Crippen molar-refractivity contribution in [3.8, 4) is 0 Å². The van der Waals surface area contributed by atoms with Crippen molar-refractivity contribution < 1.29 is 23.8 Å². The van der Waals surface area contributed by atoms with E-state index in [-0.39, 0.29) is 18.6 Å². The minimum absolute atomic E-state index is 0.00286. The SMILES string of the molecule is C[C@@H]1[C@H](OC(=O)c2ccccc2)C(COC(=O)c2ccccc2)O[C@@H]1C. The zero-order chi connectivity index (χ0) is 18.5. The van der Waals surface area contributed by atoms with E-state index in [1.54, 1.807) is 48.5 Å². The van der Waals surface area contributed by atoms with E-state index in [1.807, 2.05) is 26.0 Å². The van der Waals surface area contributed by atoms with E-state index in [9.17, 15) is 9.59 Å². The van der Waals surface area contributed by atoms with E-state index >= 15 is 0 Å². The highest BCUT2D eigenvalue weighted by atomic mass is 16.6. The third kappa shape index (κ3) is 4.11. The summed E-state index contributed by atoms with van der Waals surface area (Å²) in [7, 11) is 0. The molecule has 0 aromatic heterocycles. The van der Waals surface area contributed by atoms with Gasteiger partial charge in [-0.1, -0.05) is 43.3 Å². The molecule has 1 aliphatic rings. The Morgan fingerprint density at radius 2 is 1.42 bits per heavy atom. The first-order chi connectivity index (χ1) is 12.6. The second-order valence-electron chi connectivity index (χ2n) is 6.44. The van der Waals surface area contributed by atoms with Crippen LogP contribution in [0.4, 0.5) is 0 Å². The van der Waals surface area contributed by atoms with E-state index in [0.29, 0.717) is 11.1 Å².